The van der Waals surface area contributed by atoms with Crippen molar-refractivity contribution in [2.24, 2.45) is 0 Å². The van der Waals surface area contributed by atoms with Gasteiger partial charge in [-0.1, -0.05) is 0 Å². The predicted molar refractivity (Wildman–Crippen MR) is 12.5 cm³/mol. The molecule has 0 aliphatic rings. The Morgan fingerprint density at radius 1 is 2.00 bits per heavy atom. The van der Waals surface area contributed by atoms with Crippen molar-refractivity contribution in [1.29, 1.82) is 5.26 Å². The summed E-state index contributed by atoms with van der Waals surface area (Å²) in [6.45, 7) is 0. The first-order valence-electron chi connectivity index (χ1n) is 0.860. The molecule has 0 atom stereocenters. The van der Waals surface area contributed by atoms with E-state index in [9.17, 15) is 0 Å². The number of nitrogens with one attached hydrogen (secondary N) is 1. The average molecular weight is 74.0 g/mol. The van der Waals surface area contributed by atoms with E-state index < -0.39 is 0 Å². The normalized spacial score (nSPS) is 5.60. The van der Waals surface area contributed by atoms with Crippen LogP contribution in [0.3, 0.4) is 0 Å². The highest BCUT2D eigenvalue weighted by atomic mass is 17.2. The molecule has 0 amide bonds. The van der Waals surface area contributed by atoms with Crippen LogP contribution in [0.1, 0.15) is 0 Å². The number of rotatable bonds is 1. The molecule has 0 saturated heterocycles. The second-order valence-electron chi connectivity index (χ2n) is 0.305. The second-order valence-corrected chi connectivity index (χ2v) is 0.305. The third-order valence-corrected chi connectivity index (χ3v) is 0.0913. The van der Waals surface area contributed by atoms with E-state index in [4.69, 9.17) is 10.5 Å². The van der Waals surface area contributed by atoms with Crippen molar-refractivity contribution >= 4 is 0 Å². The van der Waals surface area contributed by atoms with E-state index >= 15 is 0 Å². The van der Waals surface area contributed by atoms with Crippen LogP contribution >= 0.6 is 0 Å². The highest BCUT2D eigenvalue weighted by molar-refractivity contribution is 4.51. The number of nitriles is 1. The zero-order chi connectivity index (χ0) is 4.12. The molecule has 0 radical (unpaired) electrons. The van der Waals surface area contributed by atoms with Crippen LogP contribution in [0, 0.1) is 11.5 Å². The minimum absolute atomic E-state index is 1.30. The molecule has 28 valence electrons. The largest absolute Gasteiger partial charge is 0.227 e. The quantitative estimate of drug-likeness (QED) is 0.190. The van der Waals surface area contributed by atoms with Crippen molar-refractivity contribution in [2.45, 2.75) is 0 Å². The van der Waals surface area contributed by atoms with Crippen LogP contribution in [-0.2, 0) is 4.99 Å². The molecule has 0 bridgehead atoms. The SMILES string of the molecule is N#CNOO. The molecule has 0 spiro atoms. The standard InChI is InChI=1S/CH2N2O2/c2-1-3-5-4/h3-4H. The third kappa shape index (κ3) is 3.21. The highest BCUT2D eigenvalue weighted by Gasteiger charge is 1.57. The minimum Gasteiger partial charge on any atom is -0.227 e. The van der Waals surface area contributed by atoms with E-state index in [-0.39, 0.29) is 0 Å². The predicted octanol–water partition coefficient (Wildman–Crippen LogP) is -0.538. The summed E-state index contributed by atoms with van der Waals surface area (Å²) in [6.07, 6.45) is 1.30. The maximum atomic E-state index is 7.42. The summed E-state index contributed by atoms with van der Waals surface area (Å²) in [5.41, 5.74) is 1.47. The molecular formula is CH2N2O2. The van der Waals surface area contributed by atoms with Gasteiger partial charge in [-0.05, 0) is 0 Å². The number of hydrogen-bond acceptors (Lipinski definition) is 4. The van der Waals surface area contributed by atoms with Crippen LogP contribution in [0.15, 0.2) is 0 Å². The first-order valence-corrected chi connectivity index (χ1v) is 0.860. The molecule has 0 rings (SSSR count). The topological polar surface area (TPSA) is 65.3 Å². The van der Waals surface area contributed by atoms with Crippen LogP contribution in [0.4, 0.5) is 0 Å². The third-order valence-electron chi connectivity index (χ3n) is 0.0913. The molecule has 0 aliphatic heterocycles. The average Bonchev–Trinajstić information content (AvgIpc) is 1.41. The van der Waals surface area contributed by atoms with Crippen LogP contribution in [-0.4, -0.2) is 5.26 Å². The summed E-state index contributed by atoms with van der Waals surface area (Å²) >= 11 is 0. The fourth-order valence-corrected chi connectivity index (χ4v) is 0.0204. The van der Waals surface area contributed by atoms with E-state index in [1.54, 1.807) is 0 Å². The minimum atomic E-state index is 1.30. The van der Waals surface area contributed by atoms with Gasteiger partial charge in [0.15, 0.2) is 0 Å². The summed E-state index contributed by atoms with van der Waals surface area (Å²) in [6, 6.07) is 0. The zero-order valence-corrected chi connectivity index (χ0v) is 2.30. The Kier molecular flexibility index (Phi) is 2.70. The molecule has 0 aromatic carbocycles. The number of hydroxylamine groups is 1. The lowest BCUT2D eigenvalue weighted by atomic mass is 11.5. The van der Waals surface area contributed by atoms with Crippen molar-refractivity contribution in [3.05, 3.63) is 0 Å². The van der Waals surface area contributed by atoms with Crippen molar-refractivity contribution in [1.82, 2.24) is 5.48 Å². The molecule has 0 saturated carbocycles. The zero-order valence-electron chi connectivity index (χ0n) is 2.30. The summed E-state index contributed by atoms with van der Waals surface area (Å²) in [7, 11) is 0. The molecule has 4 heteroatoms. The van der Waals surface area contributed by atoms with Gasteiger partial charge in [0.1, 0.15) is 0 Å². The Balaban J connectivity index is 2.48. The van der Waals surface area contributed by atoms with Gasteiger partial charge in [0.05, 0.1) is 0 Å². The molecule has 0 fully saturated rings. The van der Waals surface area contributed by atoms with Crippen molar-refractivity contribution in [3.8, 4) is 6.19 Å². The van der Waals surface area contributed by atoms with Crippen molar-refractivity contribution < 1.29 is 10.2 Å². The molecule has 0 heterocycles. The van der Waals surface area contributed by atoms with E-state index in [0.29, 0.717) is 0 Å². The molecule has 0 aromatic rings. The Labute approximate surface area is 28.5 Å². The molecule has 4 nitrogen and oxygen atoms in total. The van der Waals surface area contributed by atoms with Gasteiger partial charge in [0.25, 0.3) is 0 Å². The Morgan fingerprint density at radius 2 is 2.60 bits per heavy atom. The van der Waals surface area contributed by atoms with Crippen molar-refractivity contribution in [2.75, 3.05) is 0 Å². The van der Waals surface area contributed by atoms with E-state index in [2.05, 4.69) is 4.99 Å². The monoisotopic (exact) mass is 74.0 g/mol. The van der Waals surface area contributed by atoms with Gasteiger partial charge in [-0.3, -0.25) is 0 Å². The van der Waals surface area contributed by atoms with Crippen LogP contribution in [0.2, 0.25) is 0 Å². The Morgan fingerprint density at radius 3 is 2.60 bits per heavy atom. The van der Waals surface area contributed by atoms with Gasteiger partial charge >= 0.3 is 0 Å². The fourth-order valence-electron chi connectivity index (χ4n) is 0.0204. The van der Waals surface area contributed by atoms with Gasteiger partial charge in [-0.2, -0.15) is 10.7 Å². The maximum Gasteiger partial charge on any atom is 0.205 e. The van der Waals surface area contributed by atoms with E-state index in [0.717, 1.165) is 0 Å². The molecule has 5 heavy (non-hydrogen) atoms. The lowest BCUT2D eigenvalue weighted by molar-refractivity contribution is -0.277. The van der Waals surface area contributed by atoms with Crippen LogP contribution in [0.25, 0.3) is 0 Å². The molecule has 0 aliphatic carbocycles. The first-order chi connectivity index (χ1) is 2.41. The van der Waals surface area contributed by atoms with Gasteiger partial charge in [-0.25, -0.2) is 5.26 Å². The summed E-state index contributed by atoms with van der Waals surface area (Å²) in [5.74, 6) is 0. The molecule has 0 aromatic heterocycles. The lowest BCUT2D eigenvalue weighted by Gasteiger charge is -1.75. The smallest absolute Gasteiger partial charge is 0.205 e. The van der Waals surface area contributed by atoms with Crippen LogP contribution in [0.5, 0.6) is 0 Å². The van der Waals surface area contributed by atoms with E-state index in [1.165, 1.54) is 11.7 Å². The molecule has 2 N–H and O–H groups in total. The molecule has 0 unspecified atom stereocenters. The Bertz CT molecular complexity index is 46.1. The maximum absolute atomic E-state index is 7.42. The number of nitrogens with zero attached hydrogens (tertiary/aromatic N) is 1. The number of hydrogen-bond donors (Lipinski definition) is 2. The van der Waals surface area contributed by atoms with Crippen LogP contribution < -0.4 is 5.48 Å². The van der Waals surface area contributed by atoms with Gasteiger partial charge in [0.2, 0.25) is 6.19 Å². The second kappa shape index (κ2) is 3.21. The summed E-state index contributed by atoms with van der Waals surface area (Å²) in [5, 5.41) is 14.7. The highest BCUT2D eigenvalue weighted by Crippen LogP contribution is 1.37. The van der Waals surface area contributed by atoms with Gasteiger partial charge < -0.3 is 0 Å². The van der Waals surface area contributed by atoms with Gasteiger partial charge in [0, 0.05) is 0 Å². The van der Waals surface area contributed by atoms with Crippen molar-refractivity contribution in [3.63, 3.8) is 0 Å². The summed E-state index contributed by atoms with van der Waals surface area (Å²) < 4.78 is 0. The lowest BCUT2D eigenvalue weighted by Crippen LogP contribution is -2.00. The molecular weight excluding hydrogens is 72.0 g/mol. The van der Waals surface area contributed by atoms with Gasteiger partial charge in [-0.15, -0.1) is 4.99 Å². The van der Waals surface area contributed by atoms with E-state index in [1.807, 2.05) is 0 Å². The summed E-state index contributed by atoms with van der Waals surface area (Å²) in [4.78, 5) is 3.08. The first kappa shape index (κ1) is 4.21. The fraction of sp³-hybridized carbons (Fsp3) is 0. The Hall–Kier alpha value is -0.790.